The van der Waals surface area contributed by atoms with E-state index in [9.17, 15) is 5.11 Å². The molecule has 2 rings (SSSR count). The molecule has 1 aliphatic carbocycles. The highest BCUT2D eigenvalue weighted by molar-refractivity contribution is 9.10. The number of anilines is 1. The molecule has 1 fully saturated rings. The Morgan fingerprint density at radius 3 is 2.58 bits per heavy atom. The first-order valence-corrected chi connectivity index (χ1v) is 8.06. The molecule has 1 unspecified atom stereocenters. The van der Waals surface area contributed by atoms with Gasteiger partial charge in [0, 0.05) is 23.8 Å². The molecule has 0 heterocycles. The average Bonchev–Trinajstić information content (AvgIpc) is 2.39. The molecule has 19 heavy (non-hydrogen) atoms. The van der Waals surface area contributed by atoms with E-state index in [0.29, 0.717) is 0 Å². The fourth-order valence-corrected chi connectivity index (χ4v) is 3.65. The van der Waals surface area contributed by atoms with Gasteiger partial charge in [-0.05, 0) is 43.4 Å². The first-order valence-electron chi connectivity index (χ1n) is 7.26. The van der Waals surface area contributed by atoms with Crippen molar-refractivity contribution in [3.8, 4) is 0 Å². The van der Waals surface area contributed by atoms with E-state index in [0.717, 1.165) is 22.5 Å². The molecule has 1 atom stereocenters. The van der Waals surface area contributed by atoms with Gasteiger partial charge in [-0.2, -0.15) is 0 Å². The number of rotatable bonds is 4. The molecule has 106 valence electrons. The lowest BCUT2D eigenvalue weighted by Gasteiger charge is -2.28. The number of aliphatic hydroxyl groups is 1. The lowest BCUT2D eigenvalue weighted by atomic mass is 9.89. The van der Waals surface area contributed by atoms with Crippen LogP contribution in [0.15, 0.2) is 22.7 Å². The molecule has 0 aromatic heterocycles. The van der Waals surface area contributed by atoms with Crippen LogP contribution in [0.1, 0.15) is 50.7 Å². The highest BCUT2D eigenvalue weighted by Crippen LogP contribution is 2.30. The fourth-order valence-electron chi connectivity index (χ4n) is 2.95. The summed E-state index contributed by atoms with van der Waals surface area (Å²) in [6.07, 6.45) is 6.52. The van der Waals surface area contributed by atoms with Gasteiger partial charge in [-0.25, -0.2) is 0 Å². The Kier molecular flexibility index (Phi) is 5.28. The Hall–Kier alpha value is -0.540. The Morgan fingerprint density at radius 2 is 2.00 bits per heavy atom. The van der Waals surface area contributed by atoms with Crippen molar-refractivity contribution in [2.24, 2.45) is 5.92 Å². The molecule has 1 N–H and O–H groups in total. The van der Waals surface area contributed by atoms with Crippen molar-refractivity contribution in [3.05, 3.63) is 28.2 Å². The van der Waals surface area contributed by atoms with Crippen LogP contribution < -0.4 is 4.90 Å². The number of hydrogen-bond donors (Lipinski definition) is 1. The molecule has 3 heteroatoms. The van der Waals surface area contributed by atoms with E-state index in [2.05, 4.69) is 40.0 Å². The molecule has 0 spiro atoms. The summed E-state index contributed by atoms with van der Waals surface area (Å²) in [4.78, 5) is 2.34. The molecule has 0 saturated heterocycles. The predicted octanol–water partition coefficient (Wildman–Crippen LogP) is 4.52. The minimum atomic E-state index is -0.424. The number of halogens is 1. The summed E-state index contributed by atoms with van der Waals surface area (Å²) in [5.41, 5.74) is 2.18. The Labute approximate surface area is 124 Å². The maximum atomic E-state index is 9.65. The molecule has 1 aromatic carbocycles. The van der Waals surface area contributed by atoms with Gasteiger partial charge in [-0.3, -0.25) is 0 Å². The van der Waals surface area contributed by atoms with Crippen molar-refractivity contribution >= 4 is 21.6 Å². The zero-order valence-corrected chi connectivity index (χ0v) is 13.5. The predicted molar refractivity (Wildman–Crippen MR) is 84.6 cm³/mol. The fraction of sp³-hybridized carbons (Fsp3) is 0.625. The Bertz CT molecular complexity index is 413. The maximum absolute atomic E-state index is 9.65. The van der Waals surface area contributed by atoms with Crippen molar-refractivity contribution in [1.29, 1.82) is 0 Å². The Morgan fingerprint density at radius 1 is 1.32 bits per heavy atom. The molecule has 1 aliphatic rings. The minimum Gasteiger partial charge on any atom is -0.389 e. The smallest absolute Gasteiger partial charge is 0.0772 e. The highest BCUT2D eigenvalue weighted by Gasteiger charge is 2.16. The van der Waals surface area contributed by atoms with E-state index >= 15 is 0 Å². The largest absolute Gasteiger partial charge is 0.389 e. The van der Waals surface area contributed by atoms with Gasteiger partial charge in [-0.1, -0.05) is 41.3 Å². The van der Waals surface area contributed by atoms with Crippen LogP contribution in [0.3, 0.4) is 0 Å². The maximum Gasteiger partial charge on any atom is 0.0772 e. The second-order valence-corrected chi connectivity index (χ2v) is 6.62. The Balaban J connectivity index is 2.02. The van der Waals surface area contributed by atoms with Crippen LogP contribution in [0.25, 0.3) is 0 Å². The summed E-state index contributed by atoms with van der Waals surface area (Å²) >= 11 is 3.55. The summed E-state index contributed by atoms with van der Waals surface area (Å²) in [5, 5.41) is 9.65. The lowest BCUT2D eigenvalue weighted by Crippen LogP contribution is -2.26. The highest BCUT2D eigenvalue weighted by atomic mass is 79.9. The second kappa shape index (κ2) is 6.76. The van der Waals surface area contributed by atoms with Crippen LogP contribution in [0, 0.1) is 5.92 Å². The van der Waals surface area contributed by atoms with E-state index < -0.39 is 6.10 Å². The first kappa shape index (κ1) is 14.9. The van der Waals surface area contributed by atoms with Gasteiger partial charge in [0.2, 0.25) is 0 Å². The van der Waals surface area contributed by atoms with Crippen LogP contribution in [0.2, 0.25) is 0 Å². The van der Waals surface area contributed by atoms with Crippen molar-refractivity contribution in [2.75, 3.05) is 18.5 Å². The van der Waals surface area contributed by atoms with Gasteiger partial charge >= 0.3 is 0 Å². The van der Waals surface area contributed by atoms with E-state index in [1.54, 1.807) is 6.92 Å². The third kappa shape index (κ3) is 3.96. The van der Waals surface area contributed by atoms with E-state index in [-0.39, 0.29) is 0 Å². The standard InChI is InChI=1S/C16H24BrNO/c1-12(19)15-9-8-14(10-16(15)17)18(2)11-13-6-4-3-5-7-13/h8-10,12-13,19H,3-7,11H2,1-2H3. The van der Waals surface area contributed by atoms with Crippen LogP contribution in [-0.2, 0) is 0 Å². The second-order valence-electron chi connectivity index (χ2n) is 5.77. The molecular formula is C16H24BrNO. The summed E-state index contributed by atoms with van der Waals surface area (Å²) in [7, 11) is 2.17. The minimum absolute atomic E-state index is 0.424. The van der Waals surface area contributed by atoms with Crippen molar-refractivity contribution in [3.63, 3.8) is 0 Å². The van der Waals surface area contributed by atoms with Gasteiger partial charge in [0.1, 0.15) is 0 Å². The first-order chi connectivity index (χ1) is 9.08. The van der Waals surface area contributed by atoms with Gasteiger partial charge in [0.25, 0.3) is 0 Å². The van der Waals surface area contributed by atoms with Gasteiger partial charge < -0.3 is 10.0 Å². The molecule has 1 aromatic rings. The van der Waals surface area contributed by atoms with Gasteiger partial charge in [-0.15, -0.1) is 0 Å². The molecule has 0 aliphatic heterocycles. The topological polar surface area (TPSA) is 23.5 Å². The number of hydrogen-bond acceptors (Lipinski definition) is 2. The molecule has 1 saturated carbocycles. The molecule has 0 amide bonds. The van der Waals surface area contributed by atoms with Gasteiger partial charge in [0.15, 0.2) is 0 Å². The molecular weight excluding hydrogens is 302 g/mol. The number of nitrogens with zero attached hydrogens (tertiary/aromatic N) is 1. The van der Waals surface area contributed by atoms with Crippen LogP contribution in [0.5, 0.6) is 0 Å². The summed E-state index contributed by atoms with van der Waals surface area (Å²) in [6, 6.07) is 6.24. The molecule has 2 nitrogen and oxygen atoms in total. The monoisotopic (exact) mass is 325 g/mol. The van der Waals surface area contributed by atoms with E-state index in [4.69, 9.17) is 0 Å². The number of benzene rings is 1. The summed E-state index contributed by atoms with van der Waals surface area (Å²) in [6.45, 7) is 2.94. The van der Waals surface area contributed by atoms with E-state index in [1.807, 2.05) is 6.07 Å². The lowest BCUT2D eigenvalue weighted by molar-refractivity contribution is 0.198. The summed E-state index contributed by atoms with van der Waals surface area (Å²) in [5.74, 6) is 0.842. The SMILES string of the molecule is CC(O)c1ccc(N(C)CC2CCCCC2)cc1Br. The van der Waals surface area contributed by atoms with Crippen molar-refractivity contribution < 1.29 is 5.11 Å². The zero-order valence-electron chi connectivity index (χ0n) is 11.9. The van der Waals surface area contributed by atoms with Crippen LogP contribution in [0.4, 0.5) is 5.69 Å². The zero-order chi connectivity index (χ0) is 13.8. The van der Waals surface area contributed by atoms with Gasteiger partial charge in [0.05, 0.1) is 6.10 Å². The third-order valence-electron chi connectivity index (χ3n) is 4.13. The molecule has 0 bridgehead atoms. The van der Waals surface area contributed by atoms with Crippen LogP contribution >= 0.6 is 15.9 Å². The summed E-state index contributed by atoms with van der Waals surface area (Å²) < 4.78 is 0.996. The van der Waals surface area contributed by atoms with Crippen LogP contribution in [-0.4, -0.2) is 18.7 Å². The average molecular weight is 326 g/mol. The number of aliphatic hydroxyl groups excluding tert-OH is 1. The molecule has 0 radical (unpaired) electrons. The van der Waals surface area contributed by atoms with Crippen molar-refractivity contribution in [1.82, 2.24) is 0 Å². The quantitative estimate of drug-likeness (QED) is 0.879. The van der Waals surface area contributed by atoms with E-state index in [1.165, 1.54) is 37.8 Å². The van der Waals surface area contributed by atoms with Crippen molar-refractivity contribution in [2.45, 2.75) is 45.1 Å². The third-order valence-corrected chi connectivity index (χ3v) is 4.82. The normalized spacial score (nSPS) is 18.3.